The molecule has 8 nitrogen and oxygen atoms in total. The molecule has 0 bridgehead atoms. The number of aliphatic hydroxyl groups excluding tert-OH is 1. The van der Waals surface area contributed by atoms with Crippen LogP contribution in [0.4, 0.5) is 0 Å². The SMILES string of the molecule is N#Cc1ccc(-c2cc(Cc3cc4c(=O)n(C5CCOC[C@@H]5O)cnc4c4ccccc34)ccn2)cn1. The zero-order valence-corrected chi connectivity index (χ0v) is 19.9. The molecule has 8 heteroatoms. The molecule has 182 valence electrons. The number of benzene rings is 2. The van der Waals surface area contributed by atoms with Crippen LogP contribution in [-0.2, 0) is 11.2 Å². The van der Waals surface area contributed by atoms with Gasteiger partial charge >= 0.3 is 0 Å². The van der Waals surface area contributed by atoms with Crippen LogP contribution in [0.1, 0.15) is 29.3 Å². The first-order chi connectivity index (χ1) is 18.1. The summed E-state index contributed by atoms with van der Waals surface area (Å²) in [6, 6.07) is 19.0. The summed E-state index contributed by atoms with van der Waals surface area (Å²) in [7, 11) is 0. The van der Waals surface area contributed by atoms with Gasteiger partial charge in [-0.15, -0.1) is 0 Å². The summed E-state index contributed by atoms with van der Waals surface area (Å²) in [6.07, 6.45) is 5.35. The number of aliphatic hydroxyl groups is 1. The Balaban J connectivity index is 1.45. The van der Waals surface area contributed by atoms with E-state index in [9.17, 15) is 9.90 Å². The van der Waals surface area contributed by atoms with Crippen molar-refractivity contribution >= 4 is 21.7 Å². The van der Waals surface area contributed by atoms with Gasteiger partial charge in [0, 0.05) is 30.0 Å². The van der Waals surface area contributed by atoms with Gasteiger partial charge in [-0.25, -0.2) is 9.97 Å². The molecule has 37 heavy (non-hydrogen) atoms. The van der Waals surface area contributed by atoms with Gasteiger partial charge in [0.15, 0.2) is 0 Å². The van der Waals surface area contributed by atoms with Crippen molar-refractivity contribution in [3.05, 3.63) is 100 Å². The third-order valence-corrected chi connectivity index (χ3v) is 6.92. The predicted octanol–water partition coefficient (Wildman–Crippen LogP) is 3.79. The molecule has 5 aromatic rings. The Labute approximate surface area is 212 Å². The number of nitrogens with zero attached hydrogens (tertiary/aromatic N) is 5. The van der Waals surface area contributed by atoms with E-state index in [1.807, 2.05) is 54.6 Å². The van der Waals surface area contributed by atoms with Gasteiger partial charge in [-0.1, -0.05) is 24.3 Å². The lowest BCUT2D eigenvalue weighted by Gasteiger charge is -2.29. The number of hydrogen-bond acceptors (Lipinski definition) is 7. The predicted molar refractivity (Wildman–Crippen MR) is 139 cm³/mol. The molecule has 0 aliphatic carbocycles. The second-order valence-electron chi connectivity index (χ2n) is 9.20. The normalized spacial score (nSPS) is 17.6. The number of rotatable bonds is 4. The molecular weight excluding hydrogens is 466 g/mol. The van der Waals surface area contributed by atoms with Gasteiger partial charge in [-0.05, 0) is 59.7 Å². The van der Waals surface area contributed by atoms with Crippen molar-refractivity contribution in [2.24, 2.45) is 0 Å². The van der Waals surface area contributed by atoms with E-state index in [0.29, 0.717) is 36.0 Å². The van der Waals surface area contributed by atoms with Crippen LogP contribution in [0.5, 0.6) is 0 Å². The highest BCUT2D eigenvalue weighted by Crippen LogP contribution is 2.29. The average molecular weight is 490 g/mol. The molecule has 0 spiro atoms. The summed E-state index contributed by atoms with van der Waals surface area (Å²) >= 11 is 0. The van der Waals surface area contributed by atoms with Crippen molar-refractivity contribution in [2.75, 3.05) is 13.2 Å². The van der Waals surface area contributed by atoms with Crippen LogP contribution in [0.15, 0.2) is 78.1 Å². The summed E-state index contributed by atoms with van der Waals surface area (Å²) in [6.45, 7) is 0.700. The first kappa shape index (κ1) is 23.0. The number of ether oxygens (including phenoxy) is 1. The number of fused-ring (bicyclic) bond motifs is 3. The van der Waals surface area contributed by atoms with E-state index < -0.39 is 6.10 Å². The molecule has 4 heterocycles. The van der Waals surface area contributed by atoms with Gasteiger partial charge in [0.1, 0.15) is 11.8 Å². The molecule has 1 fully saturated rings. The quantitative estimate of drug-likeness (QED) is 0.382. The van der Waals surface area contributed by atoms with Gasteiger partial charge in [-0.3, -0.25) is 14.3 Å². The maximum absolute atomic E-state index is 13.6. The summed E-state index contributed by atoms with van der Waals surface area (Å²) in [4.78, 5) is 26.9. The smallest absolute Gasteiger partial charge is 0.261 e. The van der Waals surface area contributed by atoms with Crippen molar-refractivity contribution in [1.29, 1.82) is 5.26 Å². The van der Waals surface area contributed by atoms with E-state index in [1.165, 1.54) is 0 Å². The van der Waals surface area contributed by atoms with Crippen molar-refractivity contribution in [2.45, 2.75) is 25.0 Å². The summed E-state index contributed by atoms with van der Waals surface area (Å²) in [5, 5.41) is 21.9. The van der Waals surface area contributed by atoms with Crippen molar-refractivity contribution in [3.8, 4) is 17.3 Å². The fourth-order valence-corrected chi connectivity index (χ4v) is 5.04. The van der Waals surface area contributed by atoms with E-state index in [4.69, 9.17) is 10.00 Å². The maximum atomic E-state index is 13.6. The minimum Gasteiger partial charge on any atom is -0.389 e. The Hall–Kier alpha value is -4.45. The molecule has 1 N–H and O–H groups in total. The van der Waals surface area contributed by atoms with Crippen molar-refractivity contribution in [1.82, 2.24) is 19.5 Å². The largest absolute Gasteiger partial charge is 0.389 e. The molecule has 1 saturated heterocycles. The van der Waals surface area contributed by atoms with Crippen LogP contribution in [0, 0.1) is 11.3 Å². The minimum atomic E-state index is -0.752. The molecule has 2 atom stereocenters. The lowest BCUT2D eigenvalue weighted by molar-refractivity contribution is -0.0395. The van der Waals surface area contributed by atoms with E-state index >= 15 is 0 Å². The number of pyridine rings is 2. The Morgan fingerprint density at radius 2 is 1.92 bits per heavy atom. The Kier molecular flexibility index (Phi) is 5.93. The fourth-order valence-electron chi connectivity index (χ4n) is 5.04. The molecule has 1 aliphatic heterocycles. The van der Waals surface area contributed by atoms with Gasteiger partial charge in [0.25, 0.3) is 5.56 Å². The lowest BCUT2D eigenvalue weighted by Crippen LogP contribution is -2.39. The van der Waals surface area contributed by atoms with Crippen LogP contribution in [0.2, 0.25) is 0 Å². The maximum Gasteiger partial charge on any atom is 0.261 e. The van der Waals surface area contributed by atoms with E-state index in [1.54, 1.807) is 29.4 Å². The highest BCUT2D eigenvalue weighted by molar-refractivity contribution is 6.06. The molecule has 1 aliphatic rings. The molecule has 3 aromatic heterocycles. The monoisotopic (exact) mass is 489 g/mol. The lowest BCUT2D eigenvalue weighted by atomic mass is 9.95. The van der Waals surface area contributed by atoms with Crippen LogP contribution in [0.25, 0.3) is 32.9 Å². The Morgan fingerprint density at radius 1 is 1.05 bits per heavy atom. The Morgan fingerprint density at radius 3 is 2.70 bits per heavy atom. The molecule has 0 amide bonds. The van der Waals surface area contributed by atoms with Gasteiger partial charge < -0.3 is 9.84 Å². The highest BCUT2D eigenvalue weighted by atomic mass is 16.5. The zero-order chi connectivity index (χ0) is 25.4. The van der Waals surface area contributed by atoms with Crippen molar-refractivity contribution < 1.29 is 9.84 Å². The van der Waals surface area contributed by atoms with Gasteiger partial charge in [-0.2, -0.15) is 5.26 Å². The van der Waals surface area contributed by atoms with Crippen LogP contribution in [-0.4, -0.2) is 43.9 Å². The third-order valence-electron chi connectivity index (χ3n) is 6.92. The van der Waals surface area contributed by atoms with Gasteiger partial charge in [0.2, 0.25) is 0 Å². The number of aromatic nitrogens is 4. The molecule has 6 rings (SSSR count). The number of nitriles is 1. The van der Waals surface area contributed by atoms with E-state index in [2.05, 4.69) is 15.0 Å². The third kappa shape index (κ3) is 4.25. The first-order valence-corrected chi connectivity index (χ1v) is 12.1. The highest BCUT2D eigenvalue weighted by Gasteiger charge is 2.27. The zero-order valence-electron chi connectivity index (χ0n) is 19.9. The van der Waals surface area contributed by atoms with Crippen LogP contribution < -0.4 is 5.56 Å². The molecule has 1 unspecified atom stereocenters. The Bertz CT molecular complexity index is 1720. The molecule has 2 aromatic carbocycles. The van der Waals surface area contributed by atoms with Crippen LogP contribution in [0.3, 0.4) is 0 Å². The van der Waals surface area contributed by atoms with Gasteiger partial charge in [0.05, 0.1) is 41.7 Å². The van der Waals surface area contributed by atoms with Crippen molar-refractivity contribution in [3.63, 3.8) is 0 Å². The first-order valence-electron chi connectivity index (χ1n) is 12.1. The minimum absolute atomic E-state index is 0.165. The summed E-state index contributed by atoms with van der Waals surface area (Å²) < 4.78 is 6.90. The molecule has 0 radical (unpaired) electrons. The molecular formula is C29H23N5O3. The second kappa shape index (κ2) is 9.54. The molecule has 0 saturated carbocycles. The summed E-state index contributed by atoms with van der Waals surface area (Å²) in [5.74, 6) is 0. The van der Waals surface area contributed by atoms with Crippen LogP contribution >= 0.6 is 0 Å². The number of hydrogen-bond donors (Lipinski definition) is 1. The standard InChI is InChI=1S/C29H23N5O3/c30-14-21-6-5-19(15-32-21)25-12-18(7-9-31-25)11-20-13-24-28(23-4-2-1-3-22(20)23)33-17-34(29(24)36)26-8-10-37-16-27(26)35/h1-7,9,12-13,15,17,26-27,35H,8,10-11,16H2/t26?,27-/m0/s1. The summed E-state index contributed by atoms with van der Waals surface area (Å²) in [5.41, 5.74) is 4.46. The topological polar surface area (TPSA) is 114 Å². The van der Waals surface area contributed by atoms with E-state index in [-0.39, 0.29) is 18.2 Å². The second-order valence-corrected chi connectivity index (χ2v) is 9.20. The fraction of sp³-hybridized carbons (Fsp3) is 0.207. The average Bonchev–Trinajstić information content (AvgIpc) is 2.94. The van der Waals surface area contributed by atoms with E-state index in [0.717, 1.165) is 33.2 Å².